The van der Waals surface area contributed by atoms with E-state index in [1.165, 1.54) is 0 Å². The average molecular weight is 204 g/mol. The van der Waals surface area contributed by atoms with E-state index in [9.17, 15) is 9.59 Å². The van der Waals surface area contributed by atoms with Crippen LogP contribution in [0.2, 0.25) is 0 Å². The second-order valence-corrected chi connectivity index (χ2v) is 4.62. The molecule has 0 bridgehead atoms. The van der Waals surface area contributed by atoms with E-state index in [4.69, 9.17) is 10.2 Å². The van der Waals surface area contributed by atoms with Crippen molar-refractivity contribution in [3.8, 4) is 0 Å². The van der Waals surface area contributed by atoms with Gasteiger partial charge in [0.15, 0.2) is 0 Å². The van der Waals surface area contributed by atoms with Gasteiger partial charge in [-0.05, 0) is 5.41 Å². The molecule has 0 saturated heterocycles. The van der Waals surface area contributed by atoms with Gasteiger partial charge in [0.1, 0.15) is 0 Å². The van der Waals surface area contributed by atoms with Gasteiger partial charge in [-0.15, -0.1) is 0 Å². The van der Waals surface area contributed by atoms with Crippen LogP contribution in [0.3, 0.4) is 0 Å². The predicted molar refractivity (Wildman–Crippen MR) is 54.2 cm³/mol. The lowest BCUT2D eigenvalue weighted by molar-refractivity contribution is -0.141. The summed E-state index contributed by atoms with van der Waals surface area (Å²) in [5.41, 5.74) is -0.0775. The van der Waals surface area contributed by atoms with Crippen molar-refractivity contribution < 1.29 is 19.8 Å². The summed E-state index contributed by atoms with van der Waals surface area (Å²) in [6, 6.07) is 0. The smallest absolute Gasteiger partial charge is 0.305 e. The molecule has 0 heterocycles. The van der Waals surface area contributed by atoms with Gasteiger partial charge in [0, 0.05) is 0 Å². The number of hydrogen-bond donors (Lipinski definition) is 2. The summed E-state index contributed by atoms with van der Waals surface area (Å²) in [7, 11) is 0. The highest BCUT2D eigenvalue weighted by molar-refractivity contribution is 5.68. The van der Waals surface area contributed by atoms with E-state index in [0.29, 0.717) is 0 Å². The highest BCUT2D eigenvalue weighted by Gasteiger charge is 2.13. The van der Waals surface area contributed by atoms with Crippen LogP contribution in [-0.4, -0.2) is 22.2 Å². The zero-order chi connectivity index (χ0) is 11.9. The second kappa shape index (κ2) is 6.40. The summed E-state index contributed by atoms with van der Waals surface area (Å²) in [5.74, 6) is -1.70. The molecule has 0 aromatic heterocycles. The molecule has 0 saturated carbocycles. The first-order valence-electron chi connectivity index (χ1n) is 4.51. The molecule has 0 aromatic carbocycles. The van der Waals surface area contributed by atoms with Crippen LogP contribution < -0.4 is 0 Å². The van der Waals surface area contributed by atoms with E-state index in [0.717, 1.165) is 0 Å². The van der Waals surface area contributed by atoms with Crippen molar-refractivity contribution >= 4 is 11.9 Å². The number of rotatable bonds is 2. The summed E-state index contributed by atoms with van der Waals surface area (Å²) in [6.45, 7) is 8.99. The van der Waals surface area contributed by atoms with Gasteiger partial charge in [0.2, 0.25) is 0 Å². The van der Waals surface area contributed by atoms with Crippen LogP contribution in [0.1, 0.15) is 41.0 Å². The topological polar surface area (TPSA) is 74.6 Å². The number of aliphatic carboxylic acids is 2. The van der Waals surface area contributed by atoms with Gasteiger partial charge in [-0.3, -0.25) is 9.59 Å². The Morgan fingerprint density at radius 3 is 1.43 bits per heavy atom. The van der Waals surface area contributed by atoms with E-state index in [-0.39, 0.29) is 17.8 Å². The normalized spacial score (nSPS) is 10.4. The van der Waals surface area contributed by atoms with Crippen LogP contribution in [-0.2, 0) is 9.59 Å². The Labute approximate surface area is 84.9 Å². The van der Waals surface area contributed by atoms with Gasteiger partial charge < -0.3 is 10.2 Å². The first kappa shape index (κ1) is 15.4. The summed E-state index contributed by atoms with van der Waals surface area (Å²) >= 11 is 0. The Hall–Kier alpha value is -1.06. The van der Waals surface area contributed by atoms with E-state index in [1.54, 1.807) is 13.8 Å². The Kier molecular flexibility index (Phi) is 7.05. The second-order valence-electron chi connectivity index (χ2n) is 4.62. The van der Waals surface area contributed by atoms with Crippen LogP contribution >= 0.6 is 0 Å². The first-order chi connectivity index (χ1) is 6.06. The molecule has 84 valence electrons. The third-order valence-corrected chi connectivity index (χ3v) is 1.18. The number of carboxylic acids is 2. The maximum atomic E-state index is 10.0. The molecule has 0 amide bonds. The Morgan fingerprint density at radius 2 is 1.43 bits per heavy atom. The quantitative estimate of drug-likeness (QED) is 0.723. The number of carboxylic acid groups (broad SMARTS) is 2. The largest absolute Gasteiger partial charge is 0.481 e. The molecule has 0 atom stereocenters. The lowest BCUT2D eigenvalue weighted by Crippen LogP contribution is -2.11. The van der Waals surface area contributed by atoms with E-state index < -0.39 is 11.9 Å². The lowest BCUT2D eigenvalue weighted by atomic mass is 9.93. The molecule has 0 aliphatic heterocycles. The minimum atomic E-state index is -0.741. The van der Waals surface area contributed by atoms with Gasteiger partial charge in [0.25, 0.3) is 0 Å². The van der Waals surface area contributed by atoms with Crippen LogP contribution in [0, 0.1) is 11.3 Å². The molecule has 0 unspecified atom stereocenters. The van der Waals surface area contributed by atoms with Crippen molar-refractivity contribution in [1.82, 2.24) is 0 Å². The highest BCUT2D eigenvalue weighted by Crippen LogP contribution is 2.17. The van der Waals surface area contributed by atoms with Crippen molar-refractivity contribution in [3.05, 3.63) is 0 Å². The van der Waals surface area contributed by atoms with E-state index >= 15 is 0 Å². The fourth-order valence-electron chi connectivity index (χ4n) is 0.454. The molecule has 0 radical (unpaired) electrons. The standard InChI is InChI=1S/C6H12O2.C4H8O2/c1-6(2,3)4-5(7)8;1-3(2)4(5)6/h4H2,1-3H3,(H,7,8);3H,1-2H3,(H,5,6). The minimum absolute atomic E-state index is 0.0775. The fourth-order valence-corrected chi connectivity index (χ4v) is 0.454. The monoisotopic (exact) mass is 204 g/mol. The van der Waals surface area contributed by atoms with Crippen molar-refractivity contribution in [3.63, 3.8) is 0 Å². The zero-order valence-electron chi connectivity index (χ0n) is 9.50. The summed E-state index contributed by atoms with van der Waals surface area (Å²) in [4.78, 5) is 19.7. The van der Waals surface area contributed by atoms with Gasteiger partial charge in [0.05, 0.1) is 12.3 Å². The summed E-state index contributed by atoms with van der Waals surface area (Å²) < 4.78 is 0. The maximum absolute atomic E-state index is 10.0. The van der Waals surface area contributed by atoms with Gasteiger partial charge in [-0.1, -0.05) is 34.6 Å². The van der Waals surface area contributed by atoms with Crippen molar-refractivity contribution in [2.24, 2.45) is 11.3 Å². The summed E-state index contributed by atoms with van der Waals surface area (Å²) in [6.07, 6.45) is 0.243. The zero-order valence-corrected chi connectivity index (χ0v) is 9.50. The average Bonchev–Trinajstić information content (AvgIpc) is 1.81. The molecule has 0 aliphatic carbocycles. The van der Waals surface area contributed by atoms with Gasteiger partial charge in [-0.25, -0.2) is 0 Å². The Balaban J connectivity index is 0. The molecule has 0 aliphatic rings. The molecular weight excluding hydrogens is 184 g/mol. The number of carbonyl (C=O) groups is 2. The lowest BCUT2D eigenvalue weighted by Gasteiger charge is -2.13. The minimum Gasteiger partial charge on any atom is -0.481 e. The molecule has 0 spiro atoms. The first-order valence-corrected chi connectivity index (χ1v) is 4.51. The summed E-state index contributed by atoms with van der Waals surface area (Å²) in [5, 5.41) is 16.2. The Morgan fingerprint density at radius 1 is 1.14 bits per heavy atom. The van der Waals surface area contributed by atoms with Gasteiger partial charge in [-0.2, -0.15) is 0 Å². The van der Waals surface area contributed by atoms with Crippen LogP contribution in [0.4, 0.5) is 0 Å². The molecular formula is C10H20O4. The maximum Gasteiger partial charge on any atom is 0.305 e. The number of hydrogen-bond acceptors (Lipinski definition) is 2. The molecule has 0 rings (SSSR count). The molecule has 0 fully saturated rings. The Bertz CT molecular complexity index is 189. The van der Waals surface area contributed by atoms with Crippen LogP contribution in [0.25, 0.3) is 0 Å². The van der Waals surface area contributed by atoms with E-state index in [1.807, 2.05) is 20.8 Å². The third kappa shape index (κ3) is 17.1. The van der Waals surface area contributed by atoms with Crippen molar-refractivity contribution in [2.45, 2.75) is 41.0 Å². The van der Waals surface area contributed by atoms with Crippen molar-refractivity contribution in [1.29, 1.82) is 0 Å². The van der Waals surface area contributed by atoms with Crippen LogP contribution in [0.15, 0.2) is 0 Å². The third-order valence-electron chi connectivity index (χ3n) is 1.18. The molecule has 2 N–H and O–H groups in total. The molecule has 4 nitrogen and oxygen atoms in total. The highest BCUT2D eigenvalue weighted by atomic mass is 16.4. The van der Waals surface area contributed by atoms with Crippen LogP contribution in [0.5, 0.6) is 0 Å². The van der Waals surface area contributed by atoms with E-state index in [2.05, 4.69) is 0 Å². The van der Waals surface area contributed by atoms with Gasteiger partial charge >= 0.3 is 11.9 Å². The fraction of sp³-hybridized carbons (Fsp3) is 0.800. The molecule has 14 heavy (non-hydrogen) atoms. The predicted octanol–water partition coefficient (Wildman–Crippen LogP) is 2.23. The molecule has 4 heteroatoms. The van der Waals surface area contributed by atoms with Crippen molar-refractivity contribution in [2.75, 3.05) is 0 Å². The SMILES string of the molecule is CC(C)(C)CC(=O)O.CC(C)C(=O)O. The molecule has 0 aromatic rings.